The van der Waals surface area contributed by atoms with Crippen LogP contribution in [0.25, 0.3) is 6.08 Å². The van der Waals surface area contributed by atoms with Gasteiger partial charge < -0.3 is 19.7 Å². The molecule has 0 aliphatic carbocycles. The number of esters is 2. The van der Waals surface area contributed by atoms with E-state index in [1.807, 2.05) is 6.92 Å². The van der Waals surface area contributed by atoms with E-state index in [2.05, 4.69) is 0 Å². The molecular weight excluding hydrogens is 384 g/mol. The average Bonchev–Trinajstić information content (AvgIpc) is 2.74. The van der Waals surface area contributed by atoms with Gasteiger partial charge in [-0.2, -0.15) is 0 Å². The SMILES string of the molecule is CCc1cc(OC(=O)c2ccc(O)cc2)ccc1OC(=O)/C=C/c1ccc(O)cc1. The maximum Gasteiger partial charge on any atom is 0.343 e. The van der Waals surface area contributed by atoms with Crippen molar-refractivity contribution in [2.75, 3.05) is 0 Å². The first kappa shape index (κ1) is 20.7. The van der Waals surface area contributed by atoms with Gasteiger partial charge in [0.2, 0.25) is 0 Å². The lowest BCUT2D eigenvalue weighted by Gasteiger charge is -2.10. The van der Waals surface area contributed by atoms with E-state index >= 15 is 0 Å². The Morgan fingerprint density at radius 2 is 1.50 bits per heavy atom. The molecule has 3 aromatic rings. The van der Waals surface area contributed by atoms with Crippen LogP contribution < -0.4 is 9.47 Å². The van der Waals surface area contributed by atoms with Gasteiger partial charge in [0.1, 0.15) is 23.0 Å². The highest BCUT2D eigenvalue weighted by atomic mass is 16.5. The number of carbonyl (C=O) groups excluding carboxylic acids is 2. The Labute approximate surface area is 173 Å². The van der Waals surface area contributed by atoms with E-state index in [-0.39, 0.29) is 11.5 Å². The van der Waals surface area contributed by atoms with Crippen molar-refractivity contribution in [1.82, 2.24) is 0 Å². The lowest BCUT2D eigenvalue weighted by molar-refractivity contribution is -0.128. The van der Waals surface area contributed by atoms with Crippen LogP contribution in [0, 0.1) is 0 Å². The Morgan fingerprint density at radius 3 is 2.13 bits per heavy atom. The fourth-order valence-corrected chi connectivity index (χ4v) is 2.65. The zero-order valence-electron chi connectivity index (χ0n) is 16.2. The number of ether oxygens (including phenoxy) is 2. The average molecular weight is 404 g/mol. The van der Waals surface area contributed by atoms with Crippen LogP contribution >= 0.6 is 0 Å². The van der Waals surface area contributed by atoms with Crippen LogP contribution in [0.3, 0.4) is 0 Å². The largest absolute Gasteiger partial charge is 0.508 e. The molecule has 6 nitrogen and oxygen atoms in total. The monoisotopic (exact) mass is 404 g/mol. The zero-order valence-corrected chi connectivity index (χ0v) is 16.2. The molecule has 0 aliphatic heterocycles. The van der Waals surface area contributed by atoms with Crippen LogP contribution in [0.15, 0.2) is 72.8 Å². The van der Waals surface area contributed by atoms with Gasteiger partial charge >= 0.3 is 11.9 Å². The number of phenolic OH excluding ortho intramolecular Hbond substituents is 2. The molecule has 3 aromatic carbocycles. The van der Waals surface area contributed by atoms with Crippen molar-refractivity contribution in [2.45, 2.75) is 13.3 Å². The summed E-state index contributed by atoms with van der Waals surface area (Å²) in [6, 6.07) is 16.9. The number of rotatable bonds is 6. The molecule has 2 N–H and O–H groups in total. The summed E-state index contributed by atoms with van der Waals surface area (Å²) in [6.07, 6.45) is 3.45. The summed E-state index contributed by atoms with van der Waals surface area (Å²) in [4.78, 5) is 24.3. The Morgan fingerprint density at radius 1 is 0.867 bits per heavy atom. The number of benzene rings is 3. The Bertz CT molecular complexity index is 1070. The van der Waals surface area contributed by atoms with Gasteiger partial charge in [-0.05, 0) is 78.2 Å². The number of aryl methyl sites for hydroxylation is 1. The van der Waals surface area contributed by atoms with Crippen molar-refractivity contribution < 1.29 is 29.3 Å². The van der Waals surface area contributed by atoms with Crippen LogP contribution in [0.5, 0.6) is 23.0 Å². The van der Waals surface area contributed by atoms with E-state index in [1.165, 1.54) is 42.5 Å². The molecule has 0 aromatic heterocycles. The van der Waals surface area contributed by atoms with Gasteiger partial charge in [0.05, 0.1) is 5.56 Å². The molecule has 0 bridgehead atoms. The third kappa shape index (κ3) is 5.48. The van der Waals surface area contributed by atoms with Crippen LogP contribution in [-0.2, 0) is 11.2 Å². The predicted molar refractivity (Wildman–Crippen MR) is 112 cm³/mol. The summed E-state index contributed by atoms with van der Waals surface area (Å²) in [6.45, 7) is 1.89. The number of carbonyl (C=O) groups is 2. The fourth-order valence-electron chi connectivity index (χ4n) is 2.65. The molecular formula is C24H20O6. The van der Waals surface area contributed by atoms with Gasteiger partial charge in [-0.15, -0.1) is 0 Å². The maximum atomic E-state index is 12.2. The van der Waals surface area contributed by atoms with Crippen LogP contribution in [-0.4, -0.2) is 22.2 Å². The third-order valence-electron chi connectivity index (χ3n) is 4.24. The first-order chi connectivity index (χ1) is 14.4. The molecule has 0 radical (unpaired) electrons. The van der Waals surface area contributed by atoms with E-state index in [0.717, 1.165) is 5.56 Å². The summed E-state index contributed by atoms with van der Waals surface area (Å²) in [7, 11) is 0. The molecule has 0 atom stereocenters. The quantitative estimate of drug-likeness (QED) is 0.357. The predicted octanol–water partition coefficient (Wildman–Crippen LogP) is 4.50. The van der Waals surface area contributed by atoms with E-state index in [1.54, 1.807) is 36.4 Å². The van der Waals surface area contributed by atoms with Gasteiger partial charge in [-0.3, -0.25) is 0 Å². The molecule has 30 heavy (non-hydrogen) atoms. The molecule has 0 aliphatic rings. The highest BCUT2D eigenvalue weighted by Gasteiger charge is 2.12. The smallest absolute Gasteiger partial charge is 0.343 e. The first-order valence-electron chi connectivity index (χ1n) is 9.27. The summed E-state index contributed by atoms with van der Waals surface area (Å²) < 4.78 is 10.8. The maximum absolute atomic E-state index is 12.2. The second-order valence-corrected chi connectivity index (χ2v) is 6.41. The van der Waals surface area contributed by atoms with Gasteiger partial charge in [-0.1, -0.05) is 19.1 Å². The molecule has 0 amide bonds. The molecule has 152 valence electrons. The minimum absolute atomic E-state index is 0.0606. The number of hydrogen-bond donors (Lipinski definition) is 2. The van der Waals surface area contributed by atoms with Gasteiger partial charge in [0, 0.05) is 6.08 Å². The number of hydrogen-bond acceptors (Lipinski definition) is 6. The Balaban J connectivity index is 1.67. The molecule has 6 heteroatoms. The summed E-state index contributed by atoms with van der Waals surface area (Å²) in [5, 5.41) is 18.6. The summed E-state index contributed by atoms with van der Waals surface area (Å²) >= 11 is 0. The lowest BCUT2D eigenvalue weighted by Crippen LogP contribution is -2.09. The van der Waals surface area contributed by atoms with Crippen molar-refractivity contribution in [3.05, 3.63) is 89.5 Å². The highest BCUT2D eigenvalue weighted by molar-refractivity contribution is 5.91. The standard InChI is InChI=1S/C24H20O6/c1-2-17-15-21(29-24(28)18-6-10-20(26)11-7-18)12-13-22(17)30-23(27)14-5-16-3-8-19(25)9-4-16/h3-15,25-26H,2H2,1H3/b14-5+. The fraction of sp³-hybridized carbons (Fsp3) is 0.0833. The van der Waals surface area contributed by atoms with Crippen molar-refractivity contribution in [1.29, 1.82) is 0 Å². The number of phenols is 2. The molecule has 0 heterocycles. The third-order valence-corrected chi connectivity index (χ3v) is 4.24. The number of aromatic hydroxyl groups is 2. The van der Waals surface area contributed by atoms with E-state index in [0.29, 0.717) is 29.0 Å². The van der Waals surface area contributed by atoms with Gasteiger partial charge in [-0.25, -0.2) is 9.59 Å². The molecule has 0 saturated heterocycles. The lowest BCUT2D eigenvalue weighted by atomic mass is 10.1. The van der Waals surface area contributed by atoms with E-state index in [9.17, 15) is 19.8 Å². The Hall–Kier alpha value is -4.06. The zero-order chi connectivity index (χ0) is 21.5. The summed E-state index contributed by atoms with van der Waals surface area (Å²) in [5.41, 5.74) is 1.76. The summed E-state index contributed by atoms with van der Waals surface area (Å²) in [5.74, 6) is -0.198. The second kappa shape index (κ2) is 9.43. The topological polar surface area (TPSA) is 93.1 Å². The molecule has 0 unspecified atom stereocenters. The van der Waals surface area contributed by atoms with Crippen LogP contribution in [0.1, 0.15) is 28.4 Å². The van der Waals surface area contributed by atoms with Crippen LogP contribution in [0.4, 0.5) is 0 Å². The van der Waals surface area contributed by atoms with Crippen molar-refractivity contribution in [3.8, 4) is 23.0 Å². The minimum Gasteiger partial charge on any atom is -0.508 e. The van der Waals surface area contributed by atoms with Crippen molar-refractivity contribution in [3.63, 3.8) is 0 Å². The van der Waals surface area contributed by atoms with Crippen molar-refractivity contribution >= 4 is 18.0 Å². The molecule has 3 rings (SSSR count). The normalized spacial score (nSPS) is 10.7. The first-order valence-corrected chi connectivity index (χ1v) is 9.27. The highest BCUT2D eigenvalue weighted by Crippen LogP contribution is 2.26. The van der Waals surface area contributed by atoms with Gasteiger partial charge in [0.15, 0.2) is 0 Å². The second-order valence-electron chi connectivity index (χ2n) is 6.41. The van der Waals surface area contributed by atoms with Gasteiger partial charge in [0.25, 0.3) is 0 Å². The molecule has 0 spiro atoms. The molecule has 0 fully saturated rings. The van der Waals surface area contributed by atoms with E-state index in [4.69, 9.17) is 9.47 Å². The van der Waals surface area contributed by atoms with E-state index < -0.39 is 11.9 Å². The Kier molecular flexibility index (Phi) is 6.49. The van der Waals surface area contributed by atoms with Crippen LogP contribution in [0.2, 0.25) is 0 Å². The minimum atomic E-state index is -0.557. The molecule has 0 saturated carbocycles. The van der Waals surface area contributed by atoms with Crippen molar-refractivity contribution in [2.24, 2.45) is 0 Å².